The number of carbonyl (C=O) groups is 1. The first-order valence-electron chi connectivity index (χ1n) is 6.59. The number of likely N-dealkylation sites (tertiary alicyclic amines) is 1. The first-order valence-corrected chi connectivity index (χ1v) is 7.12. The van der Waals surface area contributed by atoms with Gasteiger partial charge in [0, 0.05) is 25.9 Å². The maximum Gasteiger partial charge on any atom is 0.245 e. The van der Waals surface area contributed by atoms with E-state index in [1.165, 1.54) is 12.1 Å². The van der Waals surface area contributed by atoms with E-state index >= 15 is 0 Å². The quantitative estimate of drug-likeness (QED) is 0.815. The Bertz CT molecular complexity index is 670. The molecule has 1 aromatic heterocycles. The molecule has 1 aliphatic heterocycles. The Balaban J connectivity index is 2.18. The van der Waals surface area contributed by atoms with E-state index in [9.17, 15) is 9.18 Å². The number of imidazole rings is 1. The number of nitrogens with zero attached hydrogens (tertiary/aromatic N) is 3. The number of benzene rings is 1. The van der Waals surface area contributed by atoms with Crippen LogP contribution in [0.3, 0.4) is 0 Å². The molecule has 1 atom stereocenters. The number of aromatic nitrogens is 2. The second-order valence-electron chi connectivity index (χ2n) is 5.03. The predicted molar refractivity (Wildman–Crippen MR) is 75.4 cm³/mol. The van der Waals surface area contributed by atoms with E-state index in [2.05, 4.69) is 4.98 Å². The summed E-state index contributed by atoms with van der Waals surface area (Å²) >= 11 is 5.82. The van der Waals surface area contributed by atoms with Crippen LogP contribution in [0.2, 0.25) is 0 Å². The maximum absolute atomic E-state index is 13.5. The SMILES string of the molecule is CN1CCC(n2c(CCCl)nc3ccc(F)cc32)C1=O. The zero-order chi connectivity index (χ0) is 14.3. The number of hydrogen-bond donors (Lipinski definition) is 0. The molecule has 2 aromatic rings. The molecule has 0 spiro atoms. The lowest BCUT2D eigenvalue weighted by atomic mass is 10.2. The smallest absolute Gasteiger partial charge is 0.245 e. The van der Waals surface area contributed by atoms with Gasteiger partial charge in [0.25, 0.3) is 0 Å². The fourth-order valence-electron chi connectivity index (χ4n) is 2.77. The molecular weight excluding hydrogens is 281 g/mol. The summed E-state index contributed by atoms with van der Waals surface area (Å²) in [5.74, 6) is 0.885. The number of hydrogen-bond acceptors (Lipinski definition) is 2. The van der Waals surface area contributed by atoms with Crippen LogP contribution in [0.15, 0.2) is 18.2 Å². The highest BCUT2D eigenvalue weighted by molar-refractivity contribution is 6.17. The molecule has 4 nitrogen and oxygen atoms in total. The van der Waals surface area contributed by atoms with Gasteiger partial charge in [0.15, 0.2) is 0 Å². The zero-order valence-corrected chi connectivity index (χ0v) is 11.9. The molecular formula is C14H15ClFN3O. The van der Waals surface area contributed by atoms with Gasteiger partial charge in [-0.05, 0) is 24.6 Å². The molecule has 1 aromatic carbocycles. The molecule has 0 radical (unpaired) electrons. The number of alkyl halides is 1. The molecule has 0 N–H and O–H groups in total. The van der Waals surface area contributed by atoms with E-state index in [0.717, 1.165) is 5.82 Å². The Labute approximate surface area is 121 Å². The molecule has 1 fully saturated rings. The van der Waals surface area contributed by atoms with Crippen molar-refractivity contribution in [2.45, 2.75) is 18.9 Å². The third kappa shape index (κ3) is 2.06. The van der Waals surface area contributed by atoms with Crippen molar-refractivity contribution in [1.82, 2.24) is 14.5 Å². The van der Waals surface area contributed by atoms with Crippen LogP contribution in [-0.2, 0) is 11.2 Å². The normalized spacial score (nSPS) is 19.2. The van der Waals surface area contributed by atoms with Gasteiger partial charge in [0.2, 0.25) is 5.91 Å². The van der Waals surface area contributed by atoms with Gasteiger partial charge in [0.05, 0.1) is 11.0 Å². The van der Waals surface area contributed by atoms with E-state index < -0.39 is 0 Å². The summed E-state index contributed by atoms with van der Waals surface area (Å²) in [5, 5.41) is 0. The molecule has 6 heteroatoms. The van der Waals surface area contributed by atoms with Crippen molar-refractivity contribution < 1.29 is 9.18 Å². The Hall–Kier alpha value is -1.62. The topological polar surface area (TPSA) is 38.1 Å². The summed E-state index contributed by atoms with van der Waals surface area (Å²) in [6.07, 6.45) is 1.28. The molecule has 20 heavy (non-hydrogen) atoms. The minimum atomic E-state index is -0.324. The Morgan fingerprint density at radius 2 is 2.30 bits per heavy atom. The van der Waals surface area contributed by atoms with E-state index in [1.54, 1.807) is 18.0 Å². The minimum Gasteiger partial charge on any atom is -0.344 e. The molecule has 1 saturated heterocycles. The van der Waals surface area contributed by atoms with Crippen LogP contribution in [0, 0.1) is 5.82 Å². The molecule has 0 bridgehead atoms. The first kappa shape index (κ1) is 13.4. The van der Waals surface area contributed by atoms with E-state index in [-0.39, 0.29) is 17.8 Å². The van der Waals surface area contributed by atoms with Crippen LogP contribution in [0.5, 0.6) is 0 Å². The van der Waals surface area contributed by atoms with Gasteiger partial charge in [-0.15, -0.1) is 11.6 Å². The second-order valence-corrected chi connectivity index (χ2v) is 5.41. The highest BCUT2D eigenvalue weighted by Crippen LogP contribution is 2.29. The predicted octanol–water partition coefficient (Wildman–Crippen LogP) is 2.36. The lowest BCUT2D eigenvalue weighted by Crippen LogP contribution is -2.25. The maximum atomic E-state index is 13.5. The molecule has 0 saturated carbocycles. The lowest BCUT2D eigenvalue weighted by Gasteiger charge is -2.15. The summed E-state index contributed by atoms with van der Waals surface area (Å²) in [5.41, 5.74) is 1.37. The van der Waals surface area contributed by atoms with Gasteiger partial charge in [-0.25, -0.2) is 9.37 Å². The van der Waals surface area contributed by atoms with Gasteiger partial charge < -0.3 is 9.47 Å². The van der Waals surface area contributed by atoms with Crippen molar-refractivity contribution in [3.05, 3.63) is 29.8 Å². The molecule has 3 rings (SSSR count). The number of halogens is 2. The molecule has 2 heterocycles. The number of amides is 1. The highest BCUT2D eigenvalue weighted by atomic mass is 35.5. The lowest BCUT2D eigenvalue weighted by molar-refractivity contribution is -0.129. The number of carbonyl (C=O) groups excluding carboxylic acids is 1. The van der Waals surface area contributed by atoms with Crippen LogP contribution in [0.1, 0.15) is 18.3 Å². The Morgan fingerprint density at radius 3 is 2.95 bits per heavy atom. The van der Waals surface area contributed by atoms with Crippen LogP contribution in [0.25, 0.3) is 11.0 Å². The van der Waals surface area contributed by atoms with Crippen molar-refractivity contribution >= 4 is 28.5 Å². The number of likely N-dealkylation sites (N-methyl/N-ethyl adjacent to an activating group) is 1. The summed E-state index contributed by atoms with van der Waals surface area (Å²) in [6.45, 7) is 0.707. The zero-order valence-electron chi connectivity index (χ0n) is 11.1. The van der Waals surface area contributed by atoms with Crippen molar-refractivity contribution in [1.29, 1.82) is 0 Å². The first-order chi connectivity index (χ1) is 9.61. The molecule has 0 aliphatic carbocycles. The van der Waals surface area contributed by atoms with E-state index in [4.69, 9.17) is 11.6 Å². The van der Waals surface area contributed by atoms with Crippen LogP contribution in [-0.4, -0.2) is 39.8 Å². The van der Waals surface area contributed by atoms with Gasteiger partial charge in [0.1, 0.15) is 17.7 Å². The van der Waals surface area contributed by atoms with E-state index in [0.29, 0.717) is 36.3 Å². The van der Waals surface area contributed by atoms with Gasteiger partial charge in [-0.3, -0.25) is 4.79 Å². The largest absolute Gasteiger partial charge is 0.344 e. The minimum absolute atomic E-state index is 0.0457. The molecule has 1 unspecified atom stereocenters. The van der Waals surface area contributed by atoms with Gasteiger partial charge >= 0.3 is 0 Å². The number of aryl methyl sites for hydroxylation is 1. The van der Waals surface area contributed by atoms with Crippen LogP contribution < -0.4 is 0 Å². The average molecular weight is 296 g/mol. The third-order valence-corrected chi connectivity index (χ3v) is 3.94. The fourth-order valence-corrected chi connectivity index (χ4v) is 2.94. The Morgan fingerprint density at radius 1 is 1.50 bits per heavy atom. The summed E-state index contributed by atoms with van der Waals surface area (Å²) in [7, 11) is 1.78. The van der Waals surface area contributed by atoms with Crippen LogP contribution in [0.4, 0.5) is 4.39 Å². The molecule has 106 valence electrons. The summed E-state index contributed by atoms with van der Waals surface area (Å²) in [6, 6.07) is 4.16. The van der Waals surface area contributed by atoms with Crippen molar-refractivity contribution in [2.75, 3.05) is 19.5 Å². The van der Waals surface area contributed by atoms with Crippen LogP contribution >= 0.6 is 11.6 Å². The molecule has 1 amide bonds. The van der Waals surface area contributed by atoms with Gasteiger partial charge in [-0.2, -0.15) is 0 Å². The highest BCUT2D eigenvalue weighted by Gasteiger charge is 2.33. The second kappa shape index (κ2) is 5.05. The van der Waals surface area contributed by atoms with Crippen molar-refractivity contribution in [3.63, 3.8) is 0 Å². The van der Waals surface area contributed by atoms with E-state index in [1.807, 2.05) is 4.57 Å². The standard InChI is InChI=1S/C14H15ClFN3O/c1-18-7-5-11(14(18)20)19-12-8-9(16)2-3-10(12)17-13(19)4-6-15/h2-3,8,11H,4-7H2,1H3. The third-order valence-electron chi connectivity index (χ3n) is 3.75. The van der Waals surface area contributed by atoms with Gasteiger partial charge in [-0.1, -0.05) is 0 Å². The number of fused-ring (bicyclic) bond motifs is 1. The Kier molecular flexibility index (Phi) is 3.38. The summed E-state index contributed by atoms with van der Waals surface area (Å²) in [4.78, 5) is 18.4. The average Bonchev–Trinajstić information content (AvgIpc) is 2.92. The molecule has 1 aliphatic rings. The fraction of sp³-hybridized carbons (Fsp3) is 0.429. The van der Waals surface area contributed by atoms with Crippen molar-refractivity contribution in [2.24, 2.45) is 0 Å². The summed E-state index contributed by atoms with van der Waals surface area (Å²) < 4.78 is 15.4. The number of rotatable bonds is 3. The monoisotopic (exact) mass is 295 g/mol. The van der Waals surface area contributed by atoms with Crippen molar-refractivity contribution in [3.8, 4) is 0 Å².